The SMILES string of the molecule is CO[C@@H]1C(O[Si](C)(C)C(C)(C)C)=CC[C@]2(CO2)[C@H]1[C@@]1(C)O[C@@H]1CCOc1ccccc1. The molecule has 2 heterocycles. The summed E-state index contributed by atoms with van der Waals surface area (Å²) in [5, 5.41) is 0.129. The number of benzene rings is 1. The van der Waals surface area contributed by atoms with Crippen LogP contribution in [0.4, 0.5) is 0 Å². The molecule has 2 aliphatic heterocycles. The molecule has 172 valence electrons. The Bertz CT molecular complexity index is 811. The van der Waals surface area contributed by atoms with Gasteiger partial charge in [-0.25, -0.2) is 0 Å². The number of para-hydroxylation sites is 1. The van der Waals surface area contributed by atoms with Crippen molar-refractivity contribution in [3.05, 3.63) is 42.2 Å². The van der Waals surface area contributed by atoms with Gasteiger partial charge in [-0.15, -0.1) is 0 Å². The van der Waals surface area contributed by atoms with Crippen LogP contribution in [0.15, 0.2) is 42.2 Å². The molecule has 5 atom stereocenters. The molecule has 1 aromatic carbocycles. The summed E-state index contributed by atoms with van der Waals surface area (Å²) in [4.78, 5) is 0. The first-order valence-electron chi connectivity index (χ1n) is 11.4. The minimum Gasteiger partial charge on any atom is -0.545 e. The zero-order chi connectivity index (χ0) is 22.5. The third-order valence-electron chi connectivity index (χ3n) is 7.73. The van der Waals surface area contributed by atoms with E-state index in [0.717, 1.165) is 31.0 Å². The maximum absolute atomic E-state index is 6.73. The van der Waals surface area contributed by atoms with Gasteiger partial charge in [-0.3, -0.25) is 0 Å². The zero-order valence-electron chi connectivity index (χ0n) is 20.1. The van der Waals surface area contributed by atoms with Crippen molar-refractivity contribution < 1.29 is 23.4 Å². The average Bonchev–Trinajstić information content (AvgIpc) is 3.61. The molecule has 0 unspecified atom stereocenters. The van der Waals surface area contributed by atoms with Gasteiger partial charge in [-0.1, -0.05) is 39.0 Å². The fourth-order valence-electron chi connectivity index (χ4n) is 4.66. The van der Waals surface area contributed by atoms with E-state index in [4.69, 9.17) is 23.4 Å². The summed E-state index contributed by atoms with van der Waals surface area (Å²) in [7, 11) is -0.191. The molecular formula is C25H38O5Si. The minimum absolute atomic E-state index is 0.108. The highest BCUT2D eigenvalue weighted by atomic mass is 28.4. The Morgan fingerprint density at radius 2 is 1.84 bits per heavy atom. The Labute approximate surface area is 188 Å². The van der Waals surface area contributed by atoms with E-state index in [2.05, 4.69) is 46.9 Å². The van der Waals surface area contributed by atoms with Gasteiger partial charge in [0, 0.05) is 20.0 Å². The van der Waals surface area contributed by atoms with E-state index >= 15 is 0 Å². The first kappa shape index (κ1) is 22.8. The Morgan fingerprint density at radius 3 is 2.42 bits per heavy atom. The van der Waals surface area contributed by atoms with Crippen molar-refractivity contribution in [1.29, 1.82) is 0 Å². The number of hydrogen-bond acceptors (Lipinski definition) is 5. The lowest BCUT2D eigenvalue weighted by atomic mass is 9.71. The predicted octanol–water partition coefficient (Wildman–Crippen LogP) is 5.32. The van der Waals surface area contributed by atoms with Gasteiger partial charge in [0.15, 0.2) is 0 Å². The molecule has 1 spiro atoms. The summed E-state index contributed by atoms with van der Waals surface area (Å²) in [6, 6.07) is 9.94. The van der Waals surface area contributed by atoms with Crippen LogP contribution in [0.2, 0.25) is 18.1 Å². The Kier molecular flexibility index (Phi) is 5.82. The van der Waals surface area contributed by atoms with Gasteiger partial charge >= 0.3 is 0 Å². The van der Waals surface area contributed by atoms with Crippen molar-refractivity contribution in [3.63, 3.8) is 0 Å². The molecule has 2 fully saturated rings. The molecule has 31 heavy (non-hydrogen) atoms. The molecule has 1 aliphatic carbocycles. The highest BCUT2D eigenvalue weighted by Gasteiger charge is 2.71. The molecule has 3 aliphatic rings. The van der Waals surface area contributed by atoms with Crippen molar-refractivity contribution in [2.45, 2.75) is 82.1 Å². The summed E-state index contributed by atoms with van der Waals surface area (Å²) in [5.41, 5.74) is -0.488. The normalized spacial score (nSPS) is 34.9. The number of hydrogen-bond donors (Lipinski definition) is 0. The largest absolute Gasteiger partial charge is 0.545 e. The minimum atomic E-state index is -1.97. The van der Waals surface area contributed by atoms with E-state index in [0.29, 0.717) is 6.61 Å². The van der Waals surface area contributed by atoms with Crippen LogP contribution in [0.1, 0.15) is 40.5 Å². The maximum Gasteiger partial charge on any atom is 0.250 e. The second-order valence-corrected chi connectivity index (χ2v) is 15.6. The maximum atomic E-state index is 6.73. The second kappa shape index (κ2) is 7.91. The molecular weight excluding hydrogens is 408 g/mol. The van der Waals surface area contributed by atoms with E-state index in [9.17, 15) is 0 Å². The Hall–Kier alpha value is -1.34. The lowest BCUT2D eigenvalue weighted by Gasteiger charge is -2.43. The van der Waals surface area contributed by atoms with E-state index in [1.54, 1.807) is 7.11 Å². The van der Waals surface area contributed by atoms with Crippen molar-refractivity contribution >= 4 is 8.32 Å². The number of epoxide rings is 2. The van der Waals surface area contributed by atoms with Crippen LogP contribution in [0, 0.1) is 5.92 Å². The predicted molar refractivity (Wildman–Crippen MR) is 124 cm³/mol. The third kappa shape index (κ3) is 4.32. The smallest absolute Gasteiger partial charge is 0.250 e. The molecule has 0 aromatic heterocycles. The van der Waals surface area contributed by atoms with Crippen LogP contribution < -0.4 is 4.74 Å². The van der Waals surface area contributed by atoms with Gasteiger partial charge in [-0.05, 0) is 43.3 Å². The van der Waals surface area contributed by atoms with Gasteiger partial charge < -0.3 is 23.4 Å². The molecule has 0 amide bonds. The quantitative estimate of drug-likeness (QED) is 0.399. The fourth-order valence-corrected chi connectivity index (χ4v) is 5.76. The number of rotatable bonds is 8. The second-order valence-electron chi connectivity index (χ2n) is 10.9. The summed E-state index contributed by atoms with van der Waals surface area (Å²) in [5.74, 6) is 1.97. The molecule has 2 saturated heterocycles. The van der Waals surface area contributed by atoms with Crippen LogP contribution in [0.5, 0.6) is 5.75 Å². The average molecular weight is 447 g/mol. The van der Waals surface area contributed by atoms with Crippen LogP contribution in [-0.2, 0) is 18.6 Å². The number of methoxy groups -OCH3 is 1. The highest BCUT2D eigenvalue weighted by molar-refractivity contribution is 6.74. The molecule has 5 nitrogen and oxygen atoms in total. The van der Waals surface area contributed by atoms with Gasteiger partial charge in [0.05, 0.1) is 25.2 Å². The third-order valence-corrected chi connectivity index (χ3v) is 12.1. The van der Waals surface area contributed by atoms with Gasteiger partial charge in [0.1, 0.15) is 28.8 Å². The monoisotopic (exact) mass is 446 g/mol. The van der Waals surface area contributed by atoms with E-state index < -0.39 is 8.32 Å². The molecule has 0 bridgehead atoms. The first-order chi connectivity index (χ1) is 14.5. The Balaban J connectivity index is 1.46. The van der Waals surface area contributed by atoms with Crippen LogP contribution in [0.3, 0.4) is 0 Å². The van der Waals surface area contributed by atoms with Crippen molar-refractivity contribution in [2.75, 3.05) is 20.3 Å². The van der Waals surface area contributed by atoms with E-state index in [1.807, 2.05) is 30.3 Å². The molecule has 6 heteroatoms. The van der Waals surface area contributed by atoms with Crippen LogP contribution in [-0.4, -0.2) is 52.1 Å². The molecule has 4 rings (SSSR count). The summed E-state index contributed by atoms with van der Waals surface area (Å²) >= 11 is 0. The van der Waals surface area contributed by atoms with Crippen molar-refractivity contribution in [2.24, 2.45) is 5.92 Å². The summed E-state index contributed by atoms with van der Waals surface area (Å²) in [6.45, 7) is 15.0. The zero-order valence-corrected chi connectivity index (χ0v) is 21.1. The first-order valence-corrected chi connectivity index (χ1v) is 14.3. The Morgan fingerprint density at radius 1 is 1.16 bits per heavy atom. The van der Waals surface area contributed by atoms with E-state index in [-0.39, 0.29) is 34.4 Å². The summed E-state index contributed by atoms with van der Waals surface area (Å²) < 4.78 is 31.1. The van der Waals surface area contributed by atoms with E-state index in [1.165, 1.54) is 0 Å². The number of ether oxygens (including phenoxy) is 4. The van der Waals surface area contributed by atoms with Gasteiger partial charge in [0.25, 0.3) is 0 Å². The fraction of sp³-hybridized carbons (Fsp3) is 0.680. The molecule has 0 N–H and O–H groups in total. The standard InChI is InChI=1S/C25H38O5Si/c1-23(2,3)31(6,7)30-19-13-15-25(17-28-25)22(21(19)26-5)24(4)20(29-24)14-16-27-18-11-9-8-10-12-18/h8-13,20-22H,14-17H2,1-7H3/t20-,21-,22-,24+,25+/m1/s1. The molecule has 0 saturated carbocycles. The van der Waals surface area contributed by atoms with Crippen molar-refractivity contribution in [3.8, 4) is 5.75 Å². The topological polar surface area (TPSA) is 52.8 Å². The van der Waals surface area contributed by atoms with Gasteiger partial charge in [0.2, 0.25) is 8.32 Å². The lowest BCUT2D eigenvalue weighted by molar-refractivity contribution is -0.0278. The van der Waals surface area contributed by atoms with Gasteiger partial charge in [-0.2, -0.15) is 0 Å². The van der Waals surface area contributed by atoms with Crippen LogP contribution in [0.25, 0.3) is 0 Å². The molecule has 1 aromatic rings. The highest BCUT2D eigenvalue weighted by Crippen LogP contribution is 2.59. The van der Waals surface area contributed by atoms with Crippen molar-refractivity contribution in [1.82, 2.24) is 0 Å². The molecule has 0 radical (unpaired) electrons. The summed E-state index contributed by atoms with van der Waals surface area (Å²) in [6.07, 6.45) is 3.88. The van der Waals surface area contributed by atoms with Crippen LogP contribution >= 0.6 is 0 Å². The lowest BCUT2D eigenvalue weighted by Crippen LogP contribution is -2.51.